The minimum atomic E-state index is -2.32. The van der Waals surface area contributed by atoms with E-state index in [0.717, 1.165) is 12.8 Å². The van der Waals surface area contributed by atoms with Gasteiger partial charge in [0.05, 0.1) is 0 Å². The predicted octanol–water partition coefficient (Wildman–Crippen LogP) is 3.22. The maximum absolute atomic E-state index is 12.5. The zero-order valence-electron chi connectivity index (χ0n) is 7.08. The summed E-state index contributed by atoms with van der Waals surface area (Å²) in [4.78, 5) is 0. The zero-order valence-corrected chi connectivity index (χ0v) is 7.08. The number of alkyl halides is 2. The Bertz CT molecular complexity index is 152. The van der Waals surface area contributed by atoms with E-state index in [-0.39, 0.29) is 18.3 Å². The van der Waals surface area contributed by atoms with Gasteiger partial charge < -0.3 is 0 Å². The Morgan fingerprint density at radius 3 is 1.64 bits per heavy atom. The Balaban J connectivity index is 1.93. The Morgan fingerprint density at radius 1 is 0.909 bits per heavy atom. The van der Waals surface area contributed by atoms with E-state index >= 15 is 0 Å². The van der Waals surface area contributed by atoms with Crippen LogP contribution in [-0.4, -0.2) is 5.92 Å². The van der Waals surface area contributed by atoms with Crippen molar-refractivity contribution in [3.05, 3.63) is 0 Å². The van der Waals surface area contributed by atoms with E-state index in [1.165, 1.54) is 0 Å². The van der Waals surface area contributed by atoms with Crippen LogP contribution in [-0.2, 0) is 0 Å². The van der Waals surface area contributed by atoms with Crippen LogP contribution < -0.4 is 0 Å². The van der Waals surface area contributed by atoms with Crippen molar-refractivity contribution in [3.8, 4) is 0 Å². The van der Waals surface area contributed by atoms with Crippen LogP contribution in [0.5, 0.6) is 0 Å². The average molecular weight is 160 g/mol. The summed E-state index contributed by atoms with van der Waals surface area (Å²) in [6.07, 6.45) is 2.33. The molecule has 0 amide bonds. The van der Waals surface area contributed by atoms with Crippen molar-refractivity contribution in [2.45, 2.75) is 45.5 Å². The van der Waals surface area contributed by atoms with Crippen LogP contribution in [0.1, 0.15) is 39.5 Å². The van der Waals surface area contributed by atoms with E-state index in [1.807, 2.05) is 0 Å². The third-order valence-corrected chi connectivity index (χ3v) is 2.97. The molecule has 2 aliphatic carbocycles. The molecule has 0 aromatic carbocycles. The second kappa shape index (κ2) is 1.62. The van der Waals surface area contributed by atoms with Gasteiger partial charge in [0.15, 0.2) is 0 Å². The number of hydrogen-bond donors (Lipinski definition) is 0. The molecule has 0 unspecified atom stereocenters. The molecular formula is C9H14F2. The highest BCUT2D eigenvalue weighted by Gasteiger charge is 2.63. The van der Waals surface area contributed by atoms with Crippen molar-refractivity contribution >= 4 is 0 Å². The van der Waals surface area contributed by atoms with Gasteiger partial charge in [0.1, 0.15) is 0 Å². The molecule has 0 bridgehead atoms. The lowest BCUT2D eigenvalue weighted by atomic mass is 9.45. The van der Waals surface area contributed by atoms with E-state index in [1.54, 1.807) is 0 Å². The second-order valence-corrected chi connectivity index (χ2v) is 5.23. The molecule has 0 aliphatic heterocycles. The van der Waals surface area contributed by atoms with Gasteiger partial charge in [-0.1, -0.05) is 13.8 Å². The fourth-order valence-electron chi connectivity index (χ4n) is 3.27. The summed E-state index contributed by atoms with van der Waals surface area (Å²) < 4.78 is 25.0. The summed E-state index contributed by atoms with van der Waals surface area (Å²) >= 11 is 0. The van der Waals surface area contributed by atoms with E-state index in [9.17, 15) is 8.78 Å². The first-order valence-electron chi connectivity index (χ1n) is 4.21. The Kier molecular flexibility index (Phi) is 1.11. The van der Waals surface area contributed by atoms with Gasteiger partial charge in [-0.15, -0.1) is 0 Å². The maximum atomic E-state index is 12.5. The smallest absolute Gasteiger partial charge is 0.207 e. The van der Waals surface area contributed by atoms with Gasteiger partial charge >= 0.3 is 0 Å². The summed E-state index contributed by atoms with van der Waals surface area (Å²) in [6.45, 7) is 4.32. The normalized spacial score (nSPS) is 36.0. The molecule has 0 heterocycles. The molecule has 0 aromatic heterocycles. The Morgan fingerprint density at radius 2 is 1.36 bits per heavy atom. The van der Waals surface area contributed by atoms with Crippen molar-refractivity contribution in [3.63, 3.8) is 0 Å². The minimum Gasteiger partial charge on any atom is -0.207 e. The second-order valence-electron chi connectivity index (χ2n) is 5.23. The highest BCUT2D eigenvalue weighted by molar-refractivity contribution is 5.09. The van der Waals surface area contributed by atoms with E-state index in [2.05, 4.69) is 13.8 Å². The van der Waals surface area contributed by atoms with Gasteiger partial charge in [0.25, 0.3) is 0 Å². The van der Waals surface area contributed by atoms with E-state index in [4.69, 9.17) is 0 Å². The lowest BCUT2D eigenvalue weighted by Crippen LogP contribution is -2.56. The molecule has 2 aliphatic rings. The van der Waals surface area contributed by atoms with Crippen LogP contribution in [0.4, 0.5) is 8.78 Å². The monoisotopic (exact) mass is 160 g/mol. The maximum Gasteiger partial charge on any atom is 0.249 e. The molecule has 2 fully saturated rings. The van der Waals surface area contributed by atoms with Crippen molar-refractivity contribution in [2.24, 2.45) is 10.8 Å². The fourth-order valence-corrected chi connectivity index (χ4v) is 3.27. The first kappa shape index (κ1) is 7.51. The van der Waals surface area contributed by atoms with Crippen LogP contribution in [0, 0.1) is 10.8 Å². The number of hydrogen-bond acceptors (Lipinski definition) is 0. The molecule has 64 valence electrons. The fraction of sp³-hybridized carbons (Fsp3) is 1.00. The molecule has 0 N–H and O–H groups in total. The quantitative estimate of drug-likeness (QED) is 0.510. The summed E-state index contributed by atoms with van der Waals surface area (Å²) in [6, 6.07) is 0. The van der Waals surface area contributed by atoms with Crippen LogP contribution >= 0.6 is 0 Å². The van der Waals surface area contributed by atoms with Gasteiger partial charge in [-0.25, -0.2) is 8.78 Å². The summed E-state index contributed by atoms with van der Waals surface area (Å²) in [5.74, 6) is -2.32. The van der Waals surface area contributed by atoms with Gasteiger partial charge in [0, 0.05) is 12.8 Å². The van der Waals surface area contributed by atoms with Crippen LogP contribution in [0.2, 0.25) is 0 Å². The molecule has 2 rings (SSSR count). The van der Waals surface area contributed by atoms with Crippen molar-refractivity contribution in [1.29, 1.82) is 0 Å². The predicted molar refractivity (Wildman–Crippen MR) is 39.6 cm³/mol. The molecule has 1 spiro atoms. The van der Waals surface area contributed by atoms with Crippen LogP contribution in [0.15, 0.2) is 0 Å². The molecule has 2 heteroatoms. The lowest BCUT2D eigenvalue weighted by Gasteiger charge is -2.61. The molecule has 0 atom stereocenters. The summed E-state index contributed by atoms with van der Waals surface area (Å²) in [5, 5.41) is 0. The first-order chi connectivity index (χ1) is 4.83. The SMILES string of the molecule is CC1(C)CC2(C1)CC(F)(F)C2. The van der Waals surface area contributed by atoms with Gasteiger partial charge in [-0.3, -0.25) is 0 Å². The minimum absolute atomic E-state index is 0.0625. The van der Waals surface area contributed by atoms with Gasteiger partial charge in [0.2, 0.25) is 5.92 Å². The summed E-state index contributed by atoms with van der Waals surface area (Å²) in [5.41, 5.74) is 0.406. The summed E-state index contributed by atoms with van der Waals surface area (Å²) in [7, 11) is 0. The van der Waals surface area contributed by atoms with Gasteiger partial charge in [-0.2, -0.15) is 0 Å². The third kappa shape index (κ3) is 1.07. The average Bonchev–Trinajstić information content (AvgIpc) is 1.52. The highest BCUT2D eigenvalue weighted by atomic mass is 19.3. The van der Waals surface area contributed by atoms with Crippen molar-refractivity contribution in [2.75, 3.05) is 0 Å². The molecular weight excluding hydrogens is 146 g/mol. The van der Waals surface area contributed by atoms with Crippen LogP contribution in [0.25, 0.3) is 0 Å². The largest absolute Gasteiger partial charge is 0.249 e. The van der Waals surface area contributed by atoms with E-state index < -0.39 is 5.92 Å². The Labute approximate surface area is 66.0 Å². The number of rotatable bonds is 0. The van der Waals surface area contributed by atoms with Crippen molar-refractivity contribution < 1.29 is 8.78 Å². The molecule has 2 saturated carbocycles. The molecule has 0 radical (unpaired) electrons. The van der Waals surface area contributed by atoms with Gasteiger partial charge in [-0.05, 0) is 23.7 Å². The number of halogens is 2. The standard InChI is InChI=1S/C9H14F2/c1-7(2)3-8(4-7)5-9(10,11)6-8/h3-6H2,1-2H3. The van der Waals surface area contributed by atoms with Crippen molar-refractivity contribution in [1.82, 2.24) is 0 Å². The van der Waals surface area contributed by atoms with E-state index in [0.29, 0.717) is 5.41 Å². The zero-order chi connectivity index (χ0) is 8.33. The lowest BCUT2D eigenvalue weighted by molar-refractivity contribution is -0.223. The molecule has 0 nitrogen and oxygen atoms in total. The topological polar surface area (TPSA) is 0 Å². The molecule has 11 heavy (non-hydrogen) atoms. The Hall–Kier alpha value is -0.140. The molecule has 0 saturated heterocycles. The first-order valence-corrected chi connectivity index (χ1v) is 4.21. The van der Waals surface area contributed by atoms with Crippen LogP contribution in [0.3, 0.4) is 0 Å². The molecule has 0 aromatic rings. The highest BCUT2D eigenvalue weighted by Crippen LogP contribution is 2.68. The third-order valence-electron chi connectivity index (χ3n) is 2.97.